The van der Waals surface area contributed by atoms with Gasteiger partial charge in [-0.1, -0.05) is 32.4 Å². The molecule has 90 valence electrons. The van der Waals surface area contributed by atoms with E-state index >= 15 is 0 Å². The predicted octanol–water partition coefficient (Wildman–Crippen LogP) is 3.88. The van der Waals surface area contributed by atoms with Crippen LogP contribution in [0.15, 0.2) is 12.1 Å². The zero-order chi connectivity index (χ0) is 12.3. The van der Waals surface area contributed by atoms with Crippen molar-refractivity contribution in [2.45, 2.75) is 46.6 Å². The van der Waals surface area contributed by atoms with E-state index in [1.165, 1.54) is 0 Å². The molecule has 16 heavy (non-hydrogen) atoms. The van der Waals surface area contributed by atoms with Crippen molar-refractivity contribution in [2.75, 3.05) is 0 Å². The number of benzene rings is 1. The summed E-state index contributed by atoms with van der Waals surface area (Å²) >= 11 is 0. The maximum absolute atomic E-state index is 13.5. The number of hydrogen-bond acceptors (Lipinski definition) is 1. The monoisotopic (exact) mass is 223 g/mol. The molecule has 2 N–H and O–H groups in total. The molecule has 0 saturated heterocycles. The van der Waals surface area contributed by atoms with E-state index in [2.05, 4.69) is 13.8 Å². The van der Waals surface area contributed by atoms with Gasteiger partial charge in [-0.05, 0) is 42.9 Å². The Hall–Kier alpha value is -0.890. The second kappa shape index (κ2) is 5.44. The molecule has 1 aromatic carbocycles. The first-order chi connectivity index (χ1) is 7.47. The molecule has 1 rings (SSSR count). The summed E-state index contributed by atoms with van der Waals surface area (Å²) in [6.07, 6.45) is 2.24. The highest BCUT2D eigenvalue weighted by Crippen LogP contribution is 2.26. The SMILES string of the molecule is CCCC(C)C(N)c1cc(C)c(F)c(C)c1. The quantitative estimate of drug-likeness (QED) is 0.823. The van der Waals surface area contributed by atoms with Crippen molar-refractivity contribution in [1.82, 2.24) is 0 Å². The van der Waals surface area contributed by atoms with Gasteiger partial charge in [0.1, 0.15) is 5.82 Å². The molecule has 1 nitrogen and oxygen atoms in total. The lowest BCUT2D eigenvalue weighted by atomic mass is 9.90. The van der Waals surface area contributed by atoms with E-state index in [-0.39, 0.29) is 11.9 Å². The molecule has 0 amide bonds. The third kappa shape index (κ3) is 2.82. The molecule has 0 aliphatic rings. The molecule has 2 atom stereocenters. The van der Waals surface area contributed by atoms with Crippen molar-refractivity contribution in [1.29, 1.82) is 0 Å². The minimum absolute atomic E-state index is 0.0120. The van der Waals surface area contributed by atoms with Crippen LogP contribution in [0.5, 0.6) is 0 Å². The lowest BCUT2D eigenvalue weighted by Gasteiger charge is -2.21. The van der Waals surface area contributed by atoms with Crippen LogP contribution in [0.4, 0.5) is 4.39 Å². The molecule has 0 aliphatic heterocycles. The van der Waals surface area contributed by atoms with Crippen LogP contribution in [0.3, 0.4) is 0 Å². The molecule has 0 bridgehead atoms. The normalized spacial score (nSPS) is 14.9. The second-order valence-electron chi connectivity index (χ2n) is 4.76. The molecule has 0 aromatic heterocycles. The van der Waals surface area contributed by atoms with Crippen LogP contribution in [0.2, 0.25) is 0 Å². The molecule has 0 fully saturated rings. The highest BCUT2D eigenvalue weighted by molar-refractivity contribution is 5.32. The number of nitrogens with two attached hydrogens (primary N) is 1. The van der Waals surface area contributed by atoms with Crippen molar-refractivity contribution in [3.8, 4) is 0 Å². The van der Waals surface area contributed by atoms with Crippen LogP contribution in [-0.4, -0.2) is 0 Å². The van der Waals surface area contributed by atoms with Gasteiger partial charge in [0.2, 0.25) is 0 Å². The largest absolute Gasteiger partial charge is 0.324 e. The van der Waals surface area contributed by atoms with Crippen LogP contribution in [0.1, 0.15) is 49.4 Å². The molecule has 0 aliphatic carbocycles. The summed E-state index contributed by atoms with van der Waals surface area (Å²) in [6.45, 7) is 7.90. The standard InChI is InChI=1S/C14H22FN/c1-5-6-9(2)14(16)12-7-10(3)13(15)11(4)8-12/h7-9,14H,5-6,16H2,1-4H3. The Kier molecular flexibility index (Phi) is 4.48. The summed E-state index contributed by atoms with van der Waals surface area (Å²) in [6, 6.07) is 3.76. The number of aryl methyl sites for hydroxylation is 2. The summed E-state index contributed by atoms with van der Waals surface area (Å²) in [4.78, 5) is 0. The van der Waals surface area contributed by atoms with Crippen LogP contribution in [0.25, 0.3) is 0 Å². The molecule has 0 spiro atoms. The minimum atomic E-state index is -0.112. The Balaban J connectivity index is 2.96. The van der Waals surface area contributed by atoms with Crippen LogP contribution >= 0.6 is 0 Å². The number of rotatable bonds is 4. The summed E-state index contributed by atoms with van der Waals surface area (Å²) in [5, 5.41) is 0. The van der Waals surface area contributed by atoms with Crippen molar-refractivity contribution in [3.63, 3.8) is 0 Å². The number of halogens is 1. The summed E-state index contributed by atoms with van der Waals surface area (Å²) in [5.74, 6) is 0.327. The van der Waals surface area contributed by atoms with Gasteiger partial charge in [0.15, 0.2) is 0 Å². The van der Waals surface area contributed by atoms with Crippen molar-refractivity contribution >= 4 is 0 Å². The minimum Gasteiger partial charge on any atom is -0.324 e. The lowest BCUT2D eigenvalue weighted by Crippen LogP contribution is -2.19. The summed E-state index contributed by atoms with van der Waals surface area (Å²) in [5.41, 5.74) is 8.62. The third-order valence-electron chi connectivity index (χ3n) is 3.20. The average Bonchev–Trinajstić information content (AvgIpc) is 2.24. The van der Waals surface area contributed by atoms with E-state index < -0.39 is 0 Å². The van der Waals surface area contributed by atoms with Gasteiger partial charge >= 0.3 is 0 Å². The zero-order valence-corrected chi connectivity index (χ0v) is 10.7. The fourth-order valence-corrected chi connectivity index (χ4v) is 2.14. The Morgan fingerprint density at radius 2 is 1.75 bits per heavy atom. The topological polar surface area (TPSA) is 26.0 Å². The lowest BCUT2D eigenvalue weighted by molar-refractivity contribution is 0.432. The Morgan fingerprint density at radius 1 is 1.25 bits per heavy atom. The van der Waals surface area contributed by atoms with Gasteiger partial charge in [-0.3, -0.25) is 0 Å². The first-order valence-corrected chi connectivity index (χ1v) is 5.99. The molecule has 2 unspecified atom stereocenters. The van der Waals surface area contributed by atoms with Gasteiger partial charge in [-0.2, -0.15) is 0 Å². The fraction of sp³-hybridized carbons (Fsp3) is 0.571. The van der Waals surface area contributed by atoms with Gasteiger partial charge in [-0.25, -0.2) is 4.39 Å². The molecule has 2 heteroatoms. The molecule has 0 saturated carbocycles. The maximum atomic E-state index is 13.5. The molecule has 0 radical (unpaired) electrons. The van der Waals surface area contributed by atoms with E-state index in [1.807, 2.05) is 12.1 Å². The predicted molar refractivity (Wildman–Crippen MR) is 66.9 cm³/mol. The smallest absolute Gasteiger partial charge is 0.129 e. The molecule has 1 aromatic rings. The highest BCUT2D eigenvalue weighted by atomic mass is 19.1. The van der Waals surface area contributed by atoms with Gasteiger partial charge in [0, 0.05) is 6.04 Å². The molecule has 0 heterocycles. The van der Waals surface area contributed by atoms with Crippen LogP contribution in [0, 0.1) is 25.6 Å². The van der Waals surface area contributed by atoms with Crippen molar-refractivity contribution in [2.24, 2.45) is 11.7 Å². The van der Waals surface area contributed by atoms with Gasteiger partial charge in [0.05, 0.1) is 0 Å². The Morgan fingerprint density at radius 3 is 2.19 bits per heavy atom. The van der Waals surface area contributed by atoms with E-state index in [9.17, 15) is 4.39 Å². The van der Waals surface area contributed by atoms with Crippen LogP contribution in [-0.2, 0) is 0 Å². The molecular formula is C14H22FN. The van der Waals surface area contributed by atoms with Crippen molar-refractivity contribution < 1.29 is 4.39 Å². The second-order valence-corrected chi connectivity index (χ2v) is 4.76. The first kappa shape index (κ1) is 13.2. The average molecular weight is 223 g/mol. The summed E-state index contributed by atoms with van der Waals surface area (Å²) < 4.78 is 13.5. The van der Waals surface area contributed by atoms with Crippen LogP contribution < -0.4 is 5.73 Å². The molecular weight excluding hydrogens is 201 g/mol. The zero-order valence-electron chi connectivity index (χ0n) is 10.7. The van der Waals surface area contributed by atoms with Crippen molar-refractivity contribution in [3.05, 3.63) is 34.6 Å². The maximum Gasteiger partial charge on any atom is 0.129 e. The van der Waals surface area contributed by atoms with E-state index in [0.29, 0.717) is 17.0 Å². The third-order valence-corrected chi connectivity index (χ3v) is 3.20. The summed E-state index contributed by atoms with van der Waals surface area (Å²) in [7, 11) is 0. The van der Waals surface area contributed by atoms with E-state index in [1.54, 1.807) is 13.8 Å². The number of hydrogen-bond donors (Lipinski definition) is 1. The Bertz CT molecular complexity index is 337. The van der Waals surface area contributed by atoms with Gasteiger partial charge < -0.3 is 5.73 Å². The van der Waals surface area contributed by atoms with Gasteiger partial charge in [-0.15, -0.1) is 0 Å². The fourth-order valence-electron chi connectivity index (χ4n) is 2.14. The first-order valence-electron chi connectivity index (χ1n) is 5.99. The Labute approximate surface area is 97.9 Å². The van der Waals surface area contributed by atoms with E-state index in [4.69, 9.17) is 5.73 Å². The van der Waals surface area contributed by atoms with Gasteiger partial charge in [0.25, 0.3) is 0 Å². The van der Waals surface area contributed by atoms with E-state index in [0.717, 1.165) is 18.4 Å². The highest BCUT2D eigenvalue weighted by Gasteiger charge is 2.16.